The summed E-state index contributed by atoms with van der Waals surface area (Å²) in [4.78, 5) is 2.38. The maximum absolute atomic E-state index is 14.2. The number of halogens is 2. The van der Waals surface area contributed by atoms with Gasteiger partial charge in [0.05, 0.1) is 6.04 Å². The third kappa shape index (κ3) is 3.25. The standard InChI is InChI=1S/C16H25F2N3/c1-3-16(2,21-9-5-4-6-10-21)15(20-19)13-8-7-12(17)11-14(13)18/h7-8,11,15,20H,3-6,9-10,19H2,1-2H3. The Morgan fingerprint density at radius 2 is 1.95 bits per heavy atom. The minimum absolute atomic E-state index is 0.298. The molecule has 3 N–H and O–H groups in total. The van der Waals surface area contributed by atoms with Gasteiger partial charge in [0, 0.05) is 17.2 Å². The third-order valence-corrected chi connectivity index (χ3v) is 4.86. The molecule has 1 heterocycles. The average Bonchev–Trinajstić information content (AvgIpc) is 2.50. The van der Waals surface area contributed by atoms with E-state index in [0.29, 0.717) is 5.56 Å². The molecular weight excluding hydrogens is 272 g/mol. The summed E-state index contributed by atoms with van der Waals surface area (Å²) in [5, 5.41) is 0. The van der Waals surface area contributed by atoms with E-state index in [9.17, 15) is 8.78 Å². The highest BCUT2D eigenvalue weighted by atomic mass is 19.1. The lowest BCUT2D eigenvalue weighted by Gasteiger charge is -2.48. The zero-order valence-electron chi connectivity index (χ0n) is 12.8. The van der Waals surface area contributed by atoms with Crippen molar-refractivity contribution < 1.29 is 8.78 Å². The second kappa shape index (κ2) is 6.81. The summed E-state index contributed by atoms with van der Waals surface area (Å²) in [6.07, 6.45) is 4.37. The molecule has 21 heavy (non-hydrogen) atoms. The Labute approximate surface area is 125 Å². The van der Waals surface area contributed by atoms with Crippen LogP contribution in [0.5, 0.6) is 0 Å². The van der Waals surface area contributed by atoms with Crippen molar-refractivity contribution in [1.82, 2.24) is 10.3 Å². The van der Waals surface area contributed by atoms with E-state index in [1.807, 2.05) is 0 Å². The topological polar surface area (TPSA) is 41.3 Å². The highest BCUT2D eigenvalue weighted by molar-refractivity contribution is 5.25. The molecular formula is C16H25F2N3. The Balaban J connectivity index is 2.35. The van der Waals surface area contributed by atoms with Crippen LogP contribution in [0.2, 0.25) is 0 Å². The van der Waals surface area contributed by atoms with E-state index in [2.05, 4.69) is 24.2 Å². The number of piperidine rings is 1. The van der Waals surface area contributed by atoms with Gasteiger partial charge in [-0.05, 0) is 45.3 Å². The fraction of sp³-hybridized carbons (Fsp3) is 0.625. The Bertz CT molecular complexity index is 475. The van der Waals surface area contributed by atoms with Gasteiger partial charge in [-0.2, -0.15) is 0 Å². The molecule has 0 aliphatic carbocycles. The van der Waals surface area contributed by atoms with Crippen molar-refractivity contribution in [2.75, 3.05) is 13.1 Å². The summed E-state index contributed by atoms with van der Waals surface area (Å²) in [5.41, 5.74) is 2.89. The first-order valence-corrected chi connectivity index (χ1v) is 7.69. The molecule has 1 fully saturated rings. The Morgan fingerprint density at radius 3 is 2.48 bits per heavy atom. The lowest BCUT2D eigenvalue weighted by molar-refractivity contribution is 0.0413. The fourth-order valence-corrected chi connectivity index (χ4v) is 3.35. The zero-order valence-corrected chi connectivity index (χ0v) is 12.8. The second-order valence-corrected chi connectivity index (χ2v) is 6.02. The van der Waals surface area contributed by atoms with Gasteiger partial charge in [0.2, 0.25) is 0 Å². The molecule has 2 atom stereocenters. The molecule has 1 saturated heterocycles. The summed E-state index contributed by atoms with van der Waals surface area (Å²) in [5.74, 6) is 4.63. The van der Waals surface area contributed by atoms with Crippen LogP contribution in [0.4, 0.5) is 8.78 Å². The molecule has 1 aromatic rings. The van der Waals surface area contributed by atoms with E-state index in [1.54, 1.807) is 0 Å². The van der Waals surface area contributed by atoms with Crippen molar-refractivity contribution in [3.05, 3.63) is 35.4 Å². The molecule has 0 saturated carbocycles. The van der Waals surface area contributed by atoms with Crippen LogP contribution in [0.25, 0.3) is 0 Å². The molecule has 0 bridgehead atoms. The number of benzene rings is 1. The average molecular weight is 297 g/mol. The van der Waals surface area contributed by atoms with Gasteiger partial charge in [-0.1, -0.05) is 19.4 Å². The predicted molar refractivity (Wildman–Crippen MR) is 80.5 cm³/mol. The number of nitrogens with one attached hydrogen (secondary N) is 1. The van der Waals surface area contributed by atoms with Gasteiger partial charge in [0.15, 0.2) is 0 Å². The van der Waals surface area contributed by atoms with E-state index in [-0.39, 0.29) is 11.6 Å². The molecule has 2 rings (SSSR count). The number of hydrogen-bond donors (Lipinski definition) is 2. The van der Waals surface area contributed by atoms with Gasteiger partial charge in [0.25, 0.3) is 0 Å². The molecule has 1 aliphatic heterocycles. The lowest BCUT2D eigenvalue weighted by atomic mass is 9.82. The number of rotatable bonds is 5. The van der Waals surface area contributed by atoms with E-state index < -0.39 is 11.6 Å². The summed E-state index contributed by atoms with van der Waals surface area (Å²) in [6.45, 7) is 6.17. The maximum atomic E-state index is 14.2. The molecule has 118 valence electrons. The van der Waals surface area contributed by atoms with Crippen molar-refractivity contribution in [1.29, 1.82) is 0 Å². The molecule has 3 nitrogen and oxygen atoms in total. The van der Waals surface area contributed by atoms with Crippen molar-refractivity contribution in [3.8, 4) is 0 Å². The van der Waals surface area contributed by atoms with Crippen molar-refractivity contribution in [3.63, 3.8) is 0 Å². The van der Waals surface area contributed by atoms with Crippen molar-refractivity contribution >= 4 is 0 Å². The van der Waals surface area contributed by atoms with Gasteiger partial charge >= 0.3 is 0 Å². The highest BCUT2D eigenvalue weighted by Gasteiger charge is 2.40. The molecule has 2 unspecified atom stereocenters. The summed E-state index contributed by atoms with van der Waals surface area (Å²) >= 11 is 0. The Kier molecular flexibility index (Phi) is 5.30. The normalized spacial score (nSPS) is 21.0. The number of hydrazine groups is 1. The smallest absolute Gasteiger partial charge is 0.131 e. The number of hydrogen-bond acceptors (Lipinski definition) is 3. The van der Waals surface area contributed by atoms with Crippen molar-refractivity contribution in [2.24, 2.45) is 5.84 Å². The van der Waals surface area contributed by atoms with Crippen LogP contribution in [0.3, 0.4) is 0 Å². The first-order chi connectivity index (χ1) is 10.0. The van der Waals surface area contributed by atoms with Crippen LogP contribution in [-0.2, 0) is 0 Å². The number of likely N-dealkylation sites (tertiary alicyclic amines) is 1. The molecule has 0 amide bonds. The van der Waals surface area contributed by atoms with E-state index >= 15 is 0 Å². The van der Waals surface area contributed by atoms with E-state index in [0.717, 1.165) is 38.4 Å². The summed E-state index contributed by atoms with van der Waals surface area (Å²) in [7, 11) is 0. The van der Waals surface area contributed by atoms with Crippen LogP contribution in [0.15, 0.2) is 18.2 Å². The highest BCUT2D eigenvalue weighted by Crippen LogP contribution is 2.36. The lowest BCUT2D eigenvalue weighted by Crippen LogP contribution is -2.57. The molecule has 5 heteroatoms. The van der Waals surface area contributed by atoms with Crippen LogP contribution >= 0.6 is 0 Å². The molecule has 0 aromatic heterocycles. The van der Waals surface area contributed by atoms with E-state index in [4.69, 9.17) is 5.84 Å². The Morgan fingerprint density at radius 1 is 1.29 bits per heavy atom. The van der Waals surface area contributed by atoms with Crippen LogP contribution < -0.4 is 11.3 Å². The quantitative estimate of drug-likeness (QED) is 0.648. The van der Waals surface area contributed by atoms with Gasteiger partial charge < -0.3 is 0 Å². The number of nitrogens with two attached hydrogens (primary N) is 1. The fourth-order valence-electron chi connectivity index (χ4n) is 3.35. The van der Waals surface area contributed by atoms with E-state index in [1.165, 1.54) is 18.6 Å². The Hall–Kier alpha value is -1.04. The van der Waals surface area contributed by atoms with Crippen molar-refractivity contribution in [2.45, 2.75) is 51.1 Å². The third-order valence-electron chi connectivity index (χ3n) is 4.86. The molecule has 1 aromatic carbocycles. The predicted octanol–water partition coefficient (Wildman–Crippen LogP) is 3.12. The monoisotopic (exact) mass is 297 g/mol. The molecule has 0 radical (unpaired) electrons. The molecule has 0 spiro atoms. The van der Waals surface area contributed by atoms with Gasteiger partial charge in [-0.3, -0.25) is 16.2 Å². The SMILES string of the molecule is CCC(C)(C(NN)c1ccc(F)cc1F)N1CCCCC1. The van der Waals surface area contributed by atoms with Crippen LogP contribution in [0, 0.1) is 11.6 Å². The summed E-state index contributed by atoms with van der Waals surface area (Å²) in [6, 6.07) is 3.33. The first kappa shape index (κ1) is 16.3. The largest absolute Gasteiger partial charge is 0.296 e. The summed E-state index contributed by atoms with van der Waals surface area (Å²) < 4.78 is 27.3. The van der Waals surface area contributed by atoms with Crippen LogP contribution in [0.1, 0.15) is 51.1 Å². The van der Waals surface area contributed by atoms with Gasteiger partial charge in [-0.25, -0.2) is 8.78 Å². The van der Waals surface area contributed by atoms with Gasteiger partial charge in [0.1, 0.15) is 11.6 Å². The number of nitrogens with zero attached hydrogens (tertiary/aromatic N) is 1. The first-order valence-electron chi connectivity index (χ1n) is 7.69. The minimum atomic E-state index is -0.566. The minimum Gasteiger partial charge on any atom is -0.296 e. The van der Waals surface area contributed by atoms with Crippen LogP contribution in [-0.4, -0.2) is 23.5 Å². The zero-order chi connectivity index (χ0) is 15.5. The van der Waals surface area contributed by atoms with Gasteiger partial charge in [-0.15, -0.1) is 0 Å². The molecule has 1 aliphatic rings. The second-order valence-electron chi connectivity index (χ2n) is 6.02. The maximum Gasteiger partial charge on any atom is 0.131 e.